The van der Waals surface area contributed by atoms with Crippen molar-refractivity contribution < 1.29 is 19.1 Å². The summed E-state index contributed by atoms with van der Waals surface area (Å²) in [5.41, 5.74) is 0.899. The minimum atomic E-state index is -0.556. The summed E-state index contributed by atoms with van der Waals surface area (Å²) in [5, 5.41) is 0. The van der Waals surface area contributed by atoms with Gasteiger partial charge in [0.05, 0.1) is 6.61 Å². The lowest BCUT2D eigenvalue weighted by Gasteiger charge is -2.02. The van der Waals surface area contributed by atoms with E-state index >= 15 is 0 Å². The summed E-state index contributed by atoms with van der Waals surface area (Å²) < 4.78 is 9.91. The third kappa shape index (κ3) is 7.36. The normalized spacial score (nSPS) is 10.4. The van der Waals surface area contributed by atoms with Gasteiger partial charge in [0.1, 0.15) is 6.61 Å². The lowest BCUT2D eigenvalue weighted by molar-refractivity contribution is -0.141. The number of benzene rings is 1. The van der Waals surface area contributed by atoms with Gasteiger partial charge < -0.3 is 9.47 Å². The first-order valence-electron chi connectivity index (χ1n) is 6.78. The first kappa shape index (κ1) is 16.0. The molecule has 0 fully saturated rings. The van der Waals surface area contributed by atoms with Crippen molar-refractivity contribution in [2.75, 3.05) is 6.61 Å². The molecule has 0 aliphatic heterocycles. The fourth-order valence-corrected chi connectivity index (χ4v) is 1.49. The van der Waals surface area contributed by atoms with Crippen molar-refractivity contribution in [1.82, 2.24) is 0 Å². The second-order valence-corrected chi connectivity index (χ2v) is 4.30. The highest BCUT2D eigenvalue weighted by molar-refractivity contribution is 5.91. The predicted molar refractivity (Wildman–Crippen MR) is 75.9 cm³/mol. The van der Waals surface area contributed by atoms with Crippen LogP contribution in [0.4, 0.5) is 0 Å². The van der Waals surface area contributed by atoms with Crippen LogP contribution in [0.2, 0.25) is 0 Å². The summed E-state index contributed by atoms with van der Waals surface area (Å²) in [7, 11) is 0. The Morgan fingerprint density at radius 2 is 1.65 bits per heavy atom. The lowest BCUT2D eigenvalue weighted by Crippen LogP contribution is -2.05. The quantitative estimate of drug-likeness (QED) is 0.416. The van der Waals surface area contributed by atoms with Gasteiger partial charge in [0.25, 0.3) is 0 Å². The van der Waals surface area contributed by atoms with Crippen molar-refractivity contribution in [3.8, 4) is 0 Å². The Bertz CT molecular complexity index is 437. The smallest absolute Gasteiger partial charge is 0.331 e. The van der Waals surface area contributed by atoms with Crippen LogP contribution in [0.5, 0.6) is 0 Å². The van der Waals surface area contributed by atoms with E-state index in [4.69, 9.17) is 9.47 Å². The molecule has 0 bridgehead atoms. The van der Waals surface area contributed by atoms with Crippen LogP contribution in [0, 0.1) is 0 Å². The molecule has 1 aromatic carbocycles. The van der Waals surface area contributed by atoms with Crippen LogP contribution in [0.1, 0.15) is 31.7 Å². The monoisotopic (exact) mass is 276 g/mol. The summed E-state index contributed by atoms with van der Waals surface area (Å²) >= 11 is 0. The third-order valence-corrected chi connectivity index (χ3v) is 2.57. The highest BCUT2D eigenvalue weighted by Crippen LogP contribution is 2.01. The van der Waals surface area contributed by atoms with Crippen LogP contribution in [0.25, 0.3) is 0 Å². The van der Waals surface area contributed by atoms with Crippen LogP contribution >= 0.6 is 0 Å². The SMILES string of the molecule is CCCCCOC(=O)/C=C\C(=O)OCc1ccccc1. The molecule has 0 N–H and O–H groups in total. The first-order chi connectivity index (χ1) is 9.72. The third-order valence-electron chi connectivity index (χ3n) is 2.57. The fourth-order valence-electron chi connectivity index (χ4n) is 1.49. The summed E-state index contributed by atoms with van der Waals surface area (Å²) in [6.07, 6.45) is 5.12. The van der Waals surface area contributed by atoms with Crippen molar-refractivity contribution in [3.05, 3.63) is 48.0 Å². The van der Waals surface area contributed by atoms with Gasteiger partial charge in [-0.15, -0.1) is 0 Å². The molecule has 0 saturated carbocycles. The van der Waals surface area contributed by atoms with E-state index < -0.39 is 11.9 Å². The van der Waals surface area contributed by atoms with E-state index in [0.29, 0.717) is 6.61 Å². The van der Waals surface area contributed by atoms with Gasteiger partial charge in [0, 0.05) is 12.2 Å². The Balaban J connectivity index is 2.20. The Hall–Kier alpha value is -2.10. The van der Waals surface area contributed by atoms with Gasteiger partial charge in [-0.05, 0) is 12.0 Å². The number of carbonyl (C=O) groups is 2. The summed E-state index contributed by atoms with van der Waals surface area (Å²) in [6, 6.07) is 9.34. The summed E-state index contributed by atoms with van der Waals surface area (Å²) in [6.45, 7) is 2.65. The van der Waals surface area contributed by atoms with Gasteiger partial charge in [0.15, 0.2) is 0 Å². The molecular formula is C16H20O4. The lowest BCUT2D eigenvalue weighted by atomic mass is 10.2. The van der Waals surface area contributed by atoms with E-state index in [0.717, 1.165) is 37.0 Å². The average molecular weight is 276 g/mol. The zero-order valence-corrected chi connectivity index (χ0v) is 11.7. The van der Waals surface area contributed by atoms with Gasteiger partial charge in [-0.1, -0.05) is 50.1 Å². The molecule has 20 heavy (non-hydrogen) atoms. The van der Waals surface area contributed by atoms with Crippen molar-refractivity contribution in [2.24, 2.45) is 0 Å². The topological polar surface area (TPSA) is 52.6 Å². The number of esters is 2. The maximum Gasteiger partial charge on any atom is 0.331 e. The molecule has 4 heteroatoms. The van der Waals surface area contributed by atoms with Crippen molar-refractivity contribution in [1.29, 1.82) is 0 Å². The Morgan fingerprint density at radius 1 is 1.00 bits per heavy atom. The van der Waals surface area contributed by atoms with Crippen molar-refractivity contribution in [3.63, 3.8) is 0 Å². The number of ether oxygens (including phenoxy) is 2. The average Bonchev–Trinajstić information content (AvgIpc) is 2.48. The van der Waals surface area contributed by atoms with E-state index in [-0.39, 0.29) is 6.61 Å². The van der Waals surface area contributed by atoms with Gasteiger partial charge in [-0.3, -0.25) is 0 Å². The molecule has 0 spiro atoms. The summed E-state index contributed by atoms with van der Waals surface area (Å²) in [5.74, 6) is -1.07. The Labute approximate surface area is 119 Å². The number of hydrogen-bond acceptors (Lipinski definition) is 4. The molecule has 0 aliphatic carbocycles. The van der Waals surface area contributed by atoms with Crippen LogP contribution in [0.3, 0.4) is 0 Å². The Morgan fingerprint density at radius 3 is 2.30 bits per heavy atom. The van der Waals surface area contributed by atoms with E-state index in [1.807, 2.05) is 30.3 Å². The molecule has 1 rings (SSSR count). The van der Waals surface area contributed by atoms with Gasteiger partial charge in [-0.25, -0.2) is 9.59 Å². The van der Waals surface area contributed by atoms with Crippen molar-refractivity contribution in [2.45, 2.75) is 32.8 Å². The molecule has 0 saturated heterocycles. The predicted octanol–water partition coefficient (Wildman–Crippen LogP) is 3.02. The van der Waals surface area contributed by atoms with E-state index in [9.17, 15) is 9.59 Å². The zero-order chi connectivity index (χ0) is 14.6. The second-order valence-electron chi connectivity index (χ2n) is 4.30. The van der Waals surface area contributed by atoms with Crippen LogP contribution in [-0.4, -0.2) is 18.5 Å². The molecule has 0 aromatic heterocycles. The molecule has 0 aliphatic rings. The van der Waals surface area contributed by atoms with Crippen LogP contribution < -0.4 is 0 Å². The minimum Gasteiger partial charge on any atom is -0.463 e. The fraction of sp³-hybridized carbons (Fsp3) is 0.375. The minimum absolute atomic E-state index is 0.190. The molecule has 108 valence electrons. The van der Waals surface area contributed by atoms with E-state index in [2.05, 4.69) is 6.92 Å². The molecular weight excluding hydrogens is 256 g/mol. The van der Waals surface area contributed by atoms with E-state index in [1.54, 1.807) is 0 Å². The number of hydrogen-bond donors (Lipinski definition) is 0. The molecule has 1 aromatic rings. The molecule has 0 amide bonds. The highest BCUT2D eigenvalue weighted by atomic mass is 16.5. The number of unbranched alkanes of at least 4 members (excludes halogenated alkanes) is 2. The second kappa shape index (κ2) is 9.78. The first-order valence-corrected chi connectivity index (χ1v) is 6.78. The standard InChI is InChI=1S/C16H20O4/c1-2-3-7-12-19-15(17)10-11-16(18)20-13-14-8-5-4-6-9-14/h4-6,8-11H,2-3,7,12-13H2,1H3/b11-10-. The van der Waals surface area contributed by atoms with Crippen LogP contribution in [0.15, 0.2) is 42.5 Å². The maximum absolute atomic E-state index is 11.4. The van der Waals surface area contributed by atoms with Gasteiger partial charge in [-0.2, -0.15) is 0 Å². The molecule has 0 atom stereocenters. The van der Waals surface area contributed by atoms with Gasteiger partial charge >= 0.3 is 11.9 Å². The molecule has 0 unspecified atom stereocenters. The maximum atomic E-state index is 11.4. The Kier molecular flexibility index (Phi) is 7.80. The number of rotatable bonds is 8. The van der Waals surface area contributed by atoms with E-state index in [1.165, 1.54) is 0 Å². The number of carbonyl (C=O) groups excluding carboxylic acids is 2. The molecule has 4 nitrogen and oxygen atoms in total. The van der Waals surface area contributed by atoms with Crippen LogP contribution in [-0.2, 0) is 25.7 Å². The van der Waals surface area contributed by atoms with Gasteiger partial charge in [0.2, 0.25) is 0 Å². The zero-order valence-electron chi connectivity index (χ0n) is 11.7. The largest absolute Gasteiger partial charge is 0.463 e. The van der Waals surface area contributed by atoms with Crippen molar-refractivity contribution >= 4 is 11.9 Å². The highest BCUT2D eigenvalue weighted by Gasteiger charge is 2.01. The molecule has 0 radical (unpaired) electrons. The molecule has 0 heterocycles. The summed E-state index contributed by atoms with van der Waals surface area (Å²) in [4.78, 5) is 22.6.